The number of carboxylic acids is 1. The Bertz CT molecular complexity index is 1240. The van der Waals surface area contributed by atoms with Crippen molar-refractivity contribution in [3.05, 3.63) is 59.3 Å². The summed E-state index contributed by atoms with van der Waals surface area (Å²) in [5, 5.41) is 8.84. The minimum Gasteiger partial charge on any atom is -0.481 e. The summed E-state index contributed by atoms with van der Waals surface area (Å²) in [5.41, 5.74) is 4.27. The van der Waals surface area contributed by atoms with Crippen LogP contribution in [0.25, 0.3) is 22.7 Å². The molecule has 31 heavy (non-hydrogen) atoms. The Morgan fingerprint density at radius 3 is 2.61 bits per heavy atom. The van der Waals surface area contributed by atoms with Gasteiger partial charge in [0.15, 0.2) is 6.61 Å². The number of hydrogen-bond acceptors (Lipinski definition) is 7. The van der Waals surface area contributed by atoms with Gasteiger partial charge in [-0.25, -0.2) is 14.8 Å². The van der Waals surface area contributed by atoms with Crippen molar-refractivity contribution in [2.75, 3.05) is 6.61 Å². The number of nitrogens with zero attached hydrogens (tertiary/aromatic N) is 3. The molecule has 0 radical (unpaired) electrons. The number of aryl methyl sites for hydroxylation is 3. The Morgan fingerprint density at radius 2 is 1.90 bits per heavy atom. The van der Waals surface area contributed by atoms with E-state index in [9.17, 15) is 4.79 Å². The van der Waals surface area contributed by atoms with Gasteiger partial charge >= 0.3 is 12.0 Å². The number of fused-ring (bicyclic) bond motifs is 1. The molecular formula is C23H21N3O5. The Balaban J connectivity index is 1.61. The van der Waals surface area contributed by atoms with Gasteiger partial charge in [0.2, 0.25) is 5.89 Å². The normalized spacial score (nSPS) is 10.9. The number of carbonyl (C=O) groups is 1. The van der Waals surface area contributed by atoms with Crippen LogP contribution < -0.4 is 9.47 Å². The molecule has 2 heterocycles. The largest absolute Gasteiger partial charge is 0.481 e. The van der Waals surface area contributed by atoms with Gasteiger partial charge < -0.3 is 19.0 Å². The van der Waals surface area contributed by atoms with Crippen molar-refractivity contribution >= 4 is 17.2 Å². The number of oxazole rings is 1. The van der Waals surface area contributed by atoms with Crippen LogP contribution in [0.3, 0.4) is 0 Å². The molecule has 0 aliphatic rings. The summed E-state index contributed by atoms with van der Waals surface area (Å²) in [5.74, 6) is 0.541. The van der Waals surface area contributed by atoms with Crippen molar-refractivity contribution in [1.82, 2.24) is 15.0 Å². The van der Waals surface area contributed by atoms with Gasteiger partial charge in [0.25, 0.3) is 5.71 Å². The zero-order valence-corrected chi connectivity index (χ0v) is 17.4. The van der Waals surface area contributed by atoms with Crippen molar-refractivity contribution in [2.45, 2.75) is 27.2 Å². The summed E-state index contributed by atoms with van der Waals surface area (Å²) >= 11 is 0. The van der Waals surface area contributed by atoms with Crippen LogP contribution in [0.15, 0.2) is 47.0 Å². The predicted molar refractivity (Wildman–Crippen MR) is 114 cm³/mol. The first-order chi connectivity index (χ1) is 14.9. The van der Waals surface area contributed by atoms with E-state index in [1.807, 2.05) is 50.2 Å². The summed E-state index contributed by atoms with van der Waals surface area (Å²) in [7, 11) is 0. The van der Waals surface area contributed by atoms with Crippen LogP contribution in [0.5, 0.6) is 17.5 Å². The number of hydrogen-bond donors (Lipinski definition) is 1. The van der Waals surface area contributed by atoms with Crippen LogP contribution >= 0.6 is 0 Å². The second-order valence-electron chi connectivity index (χ2n) is 7.09. The molecule has 0 aliphatic carbocycles. The van der Waals surface area contributed by atoms with Crippen molar-refractivity contribution < 1.29 is 23.8 Å². The van der Waals surface area contributed by atoms with Gasteiger partial charge in [-0.3, -0.25) is 0 Å². The first-order valence-corrected chi connectivity index (χ1v) is 9.79. The lowest BCUT2D eigenvalue weighted by atomic mass is 10.1. The first kappa shape index (κ1) is 20.3. The average molecular weight is 419 g/mol. The van der Waals surface area contributed by atoms with E-state index in [0.717, 1.165) is 28.7 Å². The number of aliphatic carboxylic acids is 1. The zero-order valence-electron chi connectivity index (χ0n) is 17.4. The number of ether oxygens (including phenoxy) is 2. The van der Waals surface area contributed by atoms with Crippen LogP contribution in [0, 0.1) is 13.8 Å². The monoisotopic (exact) mass is 419 g/mol. The van der Waals surface area contributed by atoms with Gasteiger partial charge in [-0.1, -0.05) is 19.1 Å². The Labute approximate surface area is 178 Å². The van der Waals surface area contributed by atoms with Crippen LogP contribution in [-0.4, -0.2) is 32.6 Å². The van der Waals surface area contributed by atoms with Crippen LogP contribution in [0.2, 0.25) is 0 Å². The molecule has 0 spiro atoms. The maximum atomic E-state index is 10.8. The number of aromatic nitrogens is 3. The van der Waals surface area contributed by atoms with E-state index in [1.165, 1.54) is 0 Å². The highest BCUT2D eigenvalue weighted by Gasteiger charge is 2.15. The van der Waals surface area contributed by atoms with E-state index < -0.39 is 12.6 Å². The molecule has 8 nitrogen and oxygen atoms in total. The van der Waals surface area contributed by atoms with E-state index in [0.29, 0.717) is 28.6 Å². The molecule has 0 amide bonds. The van der Waals surface area contributed by atoms with Gasteiger partial charge in [-0.15, -0.1) is 0 Å². The minimum atomic E-state index is -1.03. The molecule has 0 aliphatic heterocycles. The molecule has 4 rings (SSSR count). The topological polar surface area (TPSA) is 108 Å². The highest BCUT2D eigenvalue weighted by molar-refractivity contribution is 5.73. The lowest BCUT2D eigenvalue weighted by Gasteiger charge is -2.11. The highest BCUT2D eigenvalue weighted by atomic mass is 16.5. The second kappa shape index (κ2) is 8.43. The average Bonchev–Trinajstić information content (AvgIpc) is 3.16. The molecule has 1 N–H and O–H groups in total. The fraction of sp³-hybridized carbons (Fsp3) is 0.217. The van der Waals surface area contributed by atoms with Gasteiger partial charge in [0.05, 0.1) is 6.20 Å². The molecule has 0 saturated carbocycles. The fourth-order valence-electron chi connectivity index (χ4n) is 3.26. The molecule has 0 bridgehead atoms. The van der Waals surface area contributed by atoms with Crippen molar-refractivity contribution in [1.29, 1.82) is 0 Å². The number of carboxylic acid groups (broad SMARTS) is 1. The molecule has 158 valence electrons. The van der Waals surface area contributed by atoms with Gasteiger partial charge in [-0.2, -0.15) is 4.98 Å². The molecular weight excluding hydrogens is 398 g/mol. The lowest BCUT2D eigenvalue weighted by Crippen LogP contribution is -2.10. The highest BCUT2D eigenvalue weighted by Crippen LogP contribution is 2.31. The quantitative estimate of drug-likeness (QED) is 0.458. The molecule has 0 saturated heterocycles. The van der Waals surface area contributed by atoms with Crippen molar-refractivity contribution in [3.8, 4) is 29.0 Å². The summed E-state index contributed by atoms with van der Waals surface area (Å²) < 4.78 is 17.0. The van der Waals surface area contributed by atoms with Crippen molar-refractivity contribution in [2.24, 2.45) is 0 Å². The van der Waals surface area contributed by atoms with Gasteiger partial charge in [-0.05, 0) is 61.2 Å². The molecule has 0 unspecified atom stereocenters. The molecule has 0 atom stereocenters. The van der Waals surface area contributed by atoms with E-state index in [1.54, 1.807) is 6.20 Å². The maximum Gasteiger partial charge on any atom is 0.341 e. The van der Waals surface area contributed by atoms with Crippen LogP contribution in [0.1, 0.15) is 23.6 Å². The van der Waals surface area contributed by atoms with Crippen molar-refractivity contribution in [3.63, 3.8) is 0 Å². The molecule has 2 aromatic heterocycles. The summed E-state index contributed by atoms with van der Waals surface area (Å²) in [6.07, 6.45) is 2.46. The Kier molecular flexibility index (Phi) is 5.53. The first-order valence-electron chi connectivity index (χ1n) is 9.79. The Morgan fingerprint density at radius 1 is 1.13 bits per heavy atom. The molecule has 2 aromatic carbocycles. The third-order valence-corrected chi connectivity index (χ3v) is 4.69. The van der Waals surface area contributed by atoms with Gasteiger partial charge in [0.1, 0.15) is 17.0 Å². The summed E-state index contributed by atoms with van der Waals surface area (Å²) in [4.78, 5) is 23.8. The number of rotatable bonds is 7. The summed E-state index contributed by atoms with van der Waals surface area (Å²) in [6, 6.07) is 11.6. The second-order valence-corrected chi connectivity index (χ2v) is 7.09. The summed E-state index contributed by atoms with van der Waals surface area (Å²) in [6.45, 7) is 5.36. The van der Waals surface area contributed by atoms with Gasteiger partial charge in [0, 0.05) is 5.56 Å². The standard InChI is InChI=1S/C23H21N3O5/c1-4-15-6-5-7-17(10-15)30-23-24-11-18-22(26-23)31-21(25-18)16-8-13(2)20(14(3)9-16)29-12-19(27)28/h5-11H,4,12H2,1-3H3,(H,27,28). The van der Waals surface area contributed by atoms with E-state index >= 15 is 0 Å². The SMILES string of the molecule is CCc1cccc(Oc2ncc3nc(-c4cc(C)c(OCC(=O)O)c(C)c4)oc3n2)c1. The smallest absolute Gasteiger partial charge is 0.341 e. The molecule has 4 aromatic rings. The fourth-order valence-corrected chi connectivity index (χ4v) is 3.26. The molecule has 0 fully saturated rings. The van der Waals surface area contributed by atoms with Crippen LogP contribution in [-0.2, 0) is 11.2 Å². The minimum absolute atomic E-state index is 0.174. The maximum absolute atomic E-state index is 10.8. The third kappa shape index (κ3) is 4.48. The zero-order chi connectivity index (χ0) is 22.0. The predicted octanol–water partition coefficient (Wildman–Crippen LogP) is 4.72. The lowest BCUT2D eigenvalue weighted by molar-refractivity contribution is -0.139. The van der Waals surface area contributed by atoms with E-state index in [-0.39, 0.29) is 6.01 Å². The number of benzene rings is 2. The van der Waals surface area contributed by atoms with E-state index in [2.05, 4.69) is 21.9 Å². The third-order valence-electron chi connectivity index (χ3n) is 4.69. The molecule has 8 heteroatoms. The van der Waals surface area contributed by atoms with Crippen LogP contribution in [0.4, 0.5) is 0 Å². The van der Waals surface area contributed by atoms with E-state index in [4.69, 9.17) is 19.0 Å². The Hall–Kier alpha value is -3.94.